The first-order valence-corrected chi connectivity index (χ1v) is 6.20. The molecule has 0 bridgehead atoms. The molecule has 1 aromatic rings. The Morgan fingerprint density at radius 1 is 1.47 bits per heavy atom. The van der Waals surface area contributed by atoms with Crippen LogP contribution in [-0.2, 0) is 11.2 Å². The van der Waals surface area contributed by atoms with Crippen LogP contribution in [0, 0.1) is 0 Å². The molecule has 15 heavy (non-hydrogen) atoms. The number of benzene rings is 1. The van der Waals surface area contributed by atoms with Crippen LogP contribution in [0.25, 0.3) is 0 Å². The molecule has 0 aliphatic heterocycles. The van der Waals surface area contributed by atoms with E-state index in [0.717, 1.165) is 17.7 Å². The van der Waals surface area contributed by atoms with E-state index >= 15 is 0 Å². The van der Waals surface area contributed by atoms with Crippen LogP contribution in [0.2, 0.25) is 0 Å². The number of carbonyl (C=O) groups is 1. The summed E-state index contributed by atoms with van der Waals surface area (Å²) in [7, 11) is 1.42. The van der Waals surface area contributed by atoms with Crippen molar-refractivity contribution in [1.29, 1.82) is 0 Å². The van der Waals surface area contributed by atoms with Gasteiger partial charge in [-0.3, -0.25) is 0 Å². The third kappa shape index (κ3) is 2.99. The summed E-state index contributed by atoms with van der Waals surface area (Å²) in [4.78, 5) is 12.5. The molecule has 0 heterocycles. The Morgan fingerprint density at radius 3 is 2.73 bits per heavy atom. The lowest BCUT2D eigenvalue weighted by Crippen LogP contribution is -2.04. The molecular formula is C12H16O2S. The van der Waals surface area contributed by atoms with Crippen LogP contribution in [0.15, 0.2) is 23.1 Å². The van der Waals surface area contributed by atoms with Crippen LogP contribution in [0.5, 0.6) is 0 Å². The molecule has 0 atom stereocenters. The standard InChI is InChI=1S/C12H16O2S/c1-4-5-9-6-7-11(15-3)10(8-9)12(13)14-2/h6-8H,4-5H2,1-3H3. The highest BCUT2D eigenvalue weighted by Crippen LogP contribution is 2.22. The number of esters is 1. The molecule has 0 saturated heterocycles. The Morgan fingerprint density at radius 2 is 2.20 bits per heavy atom. The Balaban J connectivity index is 3.07. The third-order valence-corrected chi connectivity index (χ3v) is 3.00. The van der Waals surface area contributed by atoms with Gasteiger partial charge in [0.05, 0.1) is 12.7 Å². The van der Waals surface area contributed by atoms with Gasteiger partial charge >= 0.3 is 5.97 Å². The van der Waals surface area contributed by atoms with Crippen molar-refractivity contribution in [3.8, 4) is 0 Å². The molecule has 1 aromatic carbocycles. The second-order valence-corrected chi connectivity index (χ2v) is 4.12. The van der Waals surface area contributed by atoms with Gasteiger partial charge in [-0.05, 0) is 30.4 Å². The van der Waals surface area contributed by atoms with Crippen molar-refractivity contribution in [2.24, 2.45) is 0 Å². The lowest BCUT2D eigenvalue weighted by Gasteiger charge is -2.07. The summed E-state index contributed by atoms with van der Waals surface area (Å²) in [5, 5.41) is 0. The number of rotatable bonds is 4. The molecule has 1 rings (SSSR count). The topological polar surface area (TPSA) is 26.3 Å². The van der Waals surface area contributed by atoms with Crippen LogP contribution < -0.4 is 0 Å². The quantitative estimate of drug-likeness (QED) is 0.580. The Kier molecular flexibility index (Phi) is 4.69. The first kappa shape index (κ1) is 12.1. The van der Waals surface area contributed by atoms with Crippen molar-refractivity contribution in [2.75, 3.05) is 13.4 Å². The number of carbonyl (C=O) groups excluding carboxylic acids is 1. The summed E-state index contributed by atoms with van der Waals surface area (Å²) < 4.78 is 4.76. The zero-order chi connectivity index (χ0) is 11.3. The van der Waals surface area contributed by atoms with E-state index in [1.54, 1.807) is 11.8 Å². The number of thioether (sulfide) groups is 1. The molecule has 2 nitrogen and oxygen atoms in total. The van der Waals surface area contributed by atoms with Gasteiger partial charge in [-0.2, -0.15) is 0 Å². The fourth-order valence-electron chi connectivity index (χ4n) is 1.47. The van der Waals surface area contributed by atoms with E-state index < -0.39 is 0 Å². The van der Waals surface area contributed by atoms with Crippen LogP contribution >= 0.6 is 11.8 Å². The van der Waals surface area contributed by atoms with E-state index in [0.29, 0.717) is 5.56 Å². The van der Waals surface area contributed by atoms with Gasteiger partial charge in [-0.1, -0.05) is 19.4 Å². The predicted molar refractivity (Wildman–Crippen MR) is 63.6 cm³/mol. The van der Waals surface area contributed by atoms with Crippen molar-refractivity contribution >= 4 is 17.7 Å². The van der Waals surface area contributed by atoms with Crippen molar-refractivity contribution < 1.29 is 9.53 Å². The maximum absolute atomic E-state index is 11.5. The number of hydrogen-bond donors (Lipinski definition) is 0. The zero-order valence-electron chi connectivity index (χ0n) is 9.37. The predicted octanol–water partition coefficient (Wildman–Crippen LogP) is 3.15. The largest absolute Gasteiger partial charge is 0.465 e. The van der Waals surface area contributed by atoms with E-state index in [1.807, 2.05) is 18.4 Å². The Hall–Kier alpha value is -0.960. The van der Waals surface area contributed by atoms with Crippen molar-refractivity contribution in [3.63, 3.8) is 0 Å². The second kappa shape index (κ2) is 5.81. The van der Waals surface area contributed by atoms with Crippen molar-refractivity contribution in [3.05, 3.63) is 29.3 Å². The Labute approximate surface area is 95.0 Å². The molecule has 0 radical (unpaired) electrons. The van der Waals surface area contributed by atoms with Gasteiger partial charge in [-0.25, -0.2) is 4.79 Å². The fraction of sp³-hybridized carbons (Fsp3) is 0.417. The van der Waals surface area contributed by atoms with E-state index in [2.05, 4.69) is 13.0 Å². The maximum Gasteiger partial charge on any atom is 0.339 e. The molecule has 82 valence electrons. The summed E-state index contributed by atoms with van der Waals surface area (Å²) >= 11 is 1.57. The lowest BCUT2D eigenvalue weighted by atomic mass is 10.1. The van der Waals surface area contributed by atoms with Crippen LogP contribution in [0.4, 0.5) is 0 Å². The molecule has 0 saturated carbocycles. The average molecular weight is 224 g/mol. The molecule has 0 N–H and O–H groups in total. The van der Waals surface area contributed by atoms with Gasteiger partial charge < -0.3 is 4.74 Å². The van der Waals surface area contributed by atoms with E-state index in [9.17, 15) is 4.79 Å². The maximum atomic E-state index is 11.5. The van der Waals surface area contributed by atoms with E-state index in [-0.39, 0.29) is 5.97 Å². The minimum Gasteiger partial charge on any atom is -0.465 e. The van der Waals surface area contributed by atoms with Gasteiger partial charge in [0.25, 0.3) is 0 Å². The van der Waals surface area contributed by atoms with Gasteiger partial charge in [0.15, 0.2) is 0 Å². The molecule has 0 amide bonds. The van der Waals surface area contributed by atoms with Crippen LogP contribution in [0.3, 0.4) is 0 Å². The van der Waals surface area contributed by atoms with E-state index in [4.69, 9.17) is 4.74 Å². The van der Waals surface area contributed by atoms with Crippen LogP contribution in [0.1, 0.15) is 29.3 Å². The minimum atomic E-state index is -0.252. The molecule has 0 aliphatic carbocycles. The highest BCUT2D eigenvalue weighted by molar-refractivity contribution is 7.98. The van der Waals surface area contributed by atoms with Gasteiger partial charge in [0.1, 0.15) is 0 Å². The summed E-state index contributed by atoms with van der Waals surface area (Å²) in [5.74, 6) is -0.252. The van der Waals surface area contributed by atoms with Crippen LogP contribution in [-0.4, -0.2) is 19.3 Å². The van der Waals surface area contributed by atoms with Crippen molar-refractivity contribution in [1.82, 2.24) is 0 Å². The average Bonchev–Trinajstić information content (AvgIpc) is 2.28. The number of methoxy groups -OCH3 is 1. The summed E-state index contributed by atoms with van der Waals surface area (Å²) in [6.45, 7) is 2.13. The minimum absolute atomic E-state index is 0.252. The summed E-state index contributed by atoms with van der Waals surface area (Å²) in [5.41, 5.74) is 1.87. The lowest BCUT2D eigenvalue weighted by molar-refractivity contribution is 0.0596. The fourth-order valence-corrected chi connectivity index (χ4v) is 2.04. The molecule has 0 aliphatic rings. The molecule has 0 unspecified atom stereocenters. The molecular weight excluding hydrogens is 208 g/mol. The van der Waals surface area contributed by atoms with Crippen molar-refractivity contribution in [2.45, 2.75) is 24.7 Å². The van der Waals surface area contributed by atoms with E-state index in [1.165, 1.54) is 12.7 Å². The molecule has 3 heteroatoms. The highest BCUT2D eigenvalue weighted by atomic mass is 32.2. The summed E-state index contributed by atoms with van der Waals surface area (Å²) in [6, 6.07) is 5.99. The molecule has 0 spiro atoms. The Bertz CT molecular complexity index is 347. The SMILES string of the molecule is CCCc1ccc(SC)c(C(=O)OC)c1. The second-order valence-electron chi connectivity index (χ2n) is 3.28. The molecule has 0 fully saturated rings. The smallest absolute Gasteiger partial charge is 0.339 e. The monoisotopic (exact) mass is 224 g/mol. The summed E-state index contributed by atoms with van der Waals surface area (Å²) in [6.07, 6.45) is 4.04. The normalized spacial score (nSPS) is 10.1. The van der Waals surface area contributed by atoms with Gasteiger partial charge in [0, 0.05) is 4.90 Å². The number of aryl methyl sites for hydroxylation is 1. The molecule has 0 aromatic heterocycles. The number of hydrogen-bond acceptors (Lipinski definition) is 3. The van der Waals surface area contributed by atoms with Gasteiger partial charge in [-0.15, -0.1) is 11.8 Å². The third-order valence-electron chi connectivity index (χ3n) is 2.21. The zero-order valence-corrected chi connectivity index (χ0v) is 10.2. The number of ether oxygens (including phenoxy) is 1. The first-order chi connectivity index (χ1) is 7.22. The van der Waals surface area contributed by atoms with Gasteiger partial charge in [0.2, 0.25) is 0 Å². The first-order valence-electron chi connectivity index (χ1n) is 4.98. The highest BCUT2D eigenvalue weighted by Gasteiger charge is 2.11.